The molecule has 114 valence electrons. The number of benzene rings is 1. The van der Waals surface area contributed by atoms with Crippen molar-refractivity contribution in [2.75, 3.05) is 13.2 Å². The van der Waals surface area contributed by atoms with Gasteiger partial charge in [0.05, 0.1) is 12.0 Å². The van der Waals surface area contributed by atoms with Gasteiger partial charge in [0.2, 0.25) is 5.91 Å². The fraction of sp³-hybridized carbons (Fsp3) is 0.500. The fourth-order valence-electron chi connectivity index (χ4n) is 2.11. The van der Waals surface area contributed by atoms with Crippen LogP contribution in [0.4, 0.5) is 0 Å². The highest BCUT2D eigenvalue weighted by Gasteiger charge is 2.50. The summed E-state index contributed by atoms with van der Waals surface area (Å²) < 4.78 is 5.61. The summed E-state index contributed by atoms with van der Waals surface area (Å²) in [6.07, 6.45) is 2.26. The lowest BCUT2D eigenvalue weighted by atomic mass is 10.1. The van der Waals surface area contributed by atoms with Crippen molar-refractivity contribution < 1.29 is 19.4 Å². The molecule has 0 aliphatic heterocycles. The summed E-state index contributed by atoms with van der Waals surface area (Å²) in [4.78, 5) is 22.6. The van der Waals surface area contributed by atoms with E-state index in [1.807, 2.05) is 31.2 Å². The number of carbonyl (C=O) groups excluding carboxylic acids is 1. The number of aryl methyl sites for hydroxylation is 1. The summed E-state index contributed by atoms with van der Waals surface area (Å²) in [6, 6.07) is 7.74. The highest BCUT2D eigenvalue weighted by atomic mass is 16.5. The number of aliphatic carboxylic acids is 1. The van der Waals surface area contributed by atoms with Crippen molar-refractivity contribution in [3.8, 4) is 5.75 Å². The van der Waals surface area contributed by atoms with Gasteiger partial charge in [0.15, 0.2) is 0 Å². The molecule has 1 aromatic rings. The van der Waals surface area contributed by atoms with Crippen LogP contribution in [0.25, 0.3) is 0 Å². The van der Waals surface area contributed by atoms with Gasteiger partial charge in [-0.25, -0.2) is 0 Å². The zero-order valence-corrected chi connectivity index (χ0v) is 12.2. The van der Waals surface area contributed by atoms with Crippen molar-refractivity contribution in [3.63, 3.8) is 0 Å². The molecule has 0 spiro atoms. The number of hydrogen-bond donors (Lipinski definition) is 2. The molecular weight excluding hydrogens is 270 g/mol. The number of ether oxygens (including phenoxy) is 1. The normalized spacial score (nSPS) is 15.3. The Morgan fingerprint density at radius 2 is 2.05 bits per heavy atom. The Kier molecular flexibility index (Phi) is 4.83. The first-order valence-electron chi connectivity index (χ1n) is 7.22. The van der Waals surface area contributed by atoms with Gasteiger partial charge in [-0.15, -0.1) is 0 Å². The van der Waals surface area contributed by atoms with Gasteiger partial charge in [-0.2, -0.15) is 0 Å². The number of rotatable bonds is 8. The van der Waals surface area contributed by atoms with E-state index in [-0.39, 0.29) is 12.5 Å². The lowest BCUT2D eigenvalue weighted by Crippen LogP contribution is -2.34. The first-order valence-corrected chi connectivity index (χ1v) is 7.22. The first kappa shape index (κ1) is 15.4. The molecule has 1 saturated carbocycles. The van der Waals surface area contributed by atoms with E-state index >= 15 is 0 Å². The molecule has 0 radical (unpaired) electrons. The molecule has 2 N–H and O–H groups in total. The SMILES string of the molecule is Cc1ccccc1OCCCC(=O)NCC1(C(=O)O)CC1. The molecule has 1 aliphatic rings. The van der Waals surface area contributed by atoms with Crippen LogP contribution < -0.4 is 10.1 Å². The minimum Gasteiger partial charge on any atom is -0.493 e. The number of nitrogens with one attached hydrogen (secondary N) is 1. The van der Waals surface area contributed by atoms with Gasteiger partial charge in [-0.3, -0.25) is 9.59 Å². The molecular formula is C16H21NO4. The summed E-state index contributed by atoms with van der Waals surface area (Å²) in [7, 11) is 0. The van der Waals surface area contributed by atoms with Crippen molar-refractivity contribution in [1.82, 2.24) is 5.32 Å². The van der Waals surface area contributed by atoms with E-state index in [9.17, 15) is 9.59 Å². The fourth-order valence-corrected chi connectivity index (χ4v) is 2.11. The number of carboxylic acid groups (broad SMARTS) is 1. The van der Waals surface area contributed by atoms with E-state index in [4.69, 9.17) is 9.84 Å². The molecule has 1 amide bonds. The lowest BCUT2D eigenvalue weighted by molar-refractivity contribution is -0.143. The van der Waals surface area contributed by atoms with E-state index in [1.54, 1.807) is 0 Å². The summed E-state index contributed by atoms with van der Waals surface area (Å²) in [5, 5.41) is 11.7. The maximum absolute atomic E-state index is 11.7. The quantitative estimate of drug-likeness (QED) is 0.719. The van der Waals surface area contributed by atoms with Crippen molar-refractivity contribution >= 4 is 11.9 Å². The maximum Gasteiger partial charge on any atom is 0.311 e. The number of hydrogen-bond acceptors (Lipinski definition) is 3. The topological polar surface area (TPSA) is 75.6 Å². The smallest absolute Gasteiger partial charge is 0.311 e. The van der Waals surface area contributed by atoms with Gasteiger partial charge in [0.25, 0.3) is 0 Å². The average molecular weight is 291 g/mol. The van der Waals surface area contributed by atoms with Crippen molar-refractivity contribution in [2.45, 2.75) is 32.6 Å². The highest BCUT2D eigenvalue weighted by Crippen LogP contribution is 2.45. The number of amides is 1. The Labute approximate surface area is 124 Å². The number of carboxylic acids is 1. The standard InChI is InChI=1S/C16H21NO4/c1-12-5-2-3-6-13(12)21-10-4-7-14(18)17-11-16(8-9-16)15(19)20/h2-3,5-6H,4,7-11H2,1H3,(H,17,18)(H,19,20). The molecule has 1 aliphatic carbocycles. The predicted octanol–water partition coefficient (Wildman–Crippen LogP) is 2.14. The summed E-state index contributed by atoms with van der Waals surface area (Å²) in [5.74, 6) is -0.0951. The zero-order chi connectivity index (χ0) is 15.3. The average Bonchev–Trinajstić information content (AvgIpc) is 3.24. The highest BCUT2D eigenvalue weighted by molar-refractivity contribution is 5.80. The minimum absolute atomic E-state index is 0.115. The zero-order valence-electron chi connectivity index (χ0n) is 12.2. The summed E-state index contributed by atoms with van der Waals surface area (Å²) in [6.45, 7) is 2.69. The van der Waals surface area contributed by atoms with E-state index in [0.29, 0.717) is 32.3 Å². The van der Waals surface area contributed by atoms with Crippen LogP contribution in [-0.4, -0.2) is 30.1 Å². The van der Waals surface area contributed by atoms with Crippen LogP contribution in [-0.2, 0) is 9.59 Å². The molecule has 0 atom stereocenters. The van der Waals surface area contributed by atoms with Gasteiger partial charge in [-0.05, 0) is 37.8 Å². The second kappa shape index (κ2) is 6.61. The number of carbonyl (C=O) groups is 2. The minimum atomic E-state index is -0.814. The van der Waals surface area contributed by atoms with Gasteiger partial charge in [0.1, 0.15) is 5.75 Å². The maximum atomic E-state index is 11.7. The van der Waals surface area contributed by atoms with E-state index in [1.165, 1.54) is 0 Å². The molecule has 5 nitrogen and oxygen atoms in total. The van der Waals surface area contributed by atoms with Crippen molar-refractivity contribution in [3.05, 3.63) is 29.8 Å². The summed E-state index contributed by atoms with van der Waals surface area (Å²) in [5.41, 5.74) is 0.368. The summed E-state index contributed by atoms with van der Waals surface area (Å²) >= 11 is 0. The molecule has 0 unspecified atom stereocenters. The molecule has 0 saturated heterocycles. The lowest BCUT2D eigenvalue weighted by Gasteiger charge is -2.11. The molecule has 0 bridgehead atoms. The first-order chi connectivity index (χ1) is 10.0. The Balaban J connectivity index is 1.62. The molecule has 2 rings (SSSR count). The largest absolute Gasteiger partial charge is 0.493 e. The van der Waals surface area contributed by atoms with Crippen LogP contribution >= 0.6 is 0 Å². The van der Waals surface area contributed by atoms with Gasteiger partial charge >= 0.3 is 5.97 Å². The molecule has 0 aromatic heterocycles. The van der Waals surface area contributed by atoms with Crippen molar-refractivity contribution in [1.29, 1.82) is 0 Å². The molecule has 21 heavy (non-hydrogen) atoms. The number of para-hydroxylation sites is 1. The van der Waals surface area contributed by atoms with Crippen LogP contribution in [0.1, 0.15) is 31.2 Å². The van der Waals surface area contributed by atoms with Crippen LogP contribution in [0.2, 0.25) is 0 Å². The monoisotopic (exact) mass is 291 g/mol. The second-order valence-electron chi connectivity index (χ2n) is 5.58. The van der Waals surface area contributed by atoms with Gasteiger partial charge in [-0.1, -0.05) is 18.2 Å². The third-order valence-electron chi connectivity index (χ3n) is 3.83. The van der Waals surface area contributed by atoms with Crippen molar-refractivity contribution in [2.24, 2.45) is 5.41 Å². The van der Waals surface area contributed by atoms with E-state index < -0.39 is 11.4 Å². The Hall–Kier alpha value is -2.04. The Bertz CT molecular complexity index is 523. The molecule has 1 aromatic carbocycles. The second-order valence-corrected chi connectivity index (χ2v) is 5.58. The molecule has 1 fully saturated rings. The van der Waals surface area contributed by atoms with Gasteiger partial charge in [0, 0.05) is 13.0 Å². The third kappa shape index (κ3) is 4.21. The Morgan fingerprint density at radius 3 is 2.67 bits per heavy atom. The van der Waals surface area contributed by atoms with Gasteiger partial charge < -0.3 is 15.2 Å². The van der Waals surface area contributed by atoms with Crippen LogP contribution in [0, 0.1) is 12.3 Å². The van der Waals surface area contributed by atoms with Crippen LogP contribution in [0.3, 0.4) is 0 Å². The predicted molar refractivity (Wildman–Crippen MR) is 78.2 cm³/mol. The van der Waals surface area contributed by atoms with Crippen LogP contribution in [0.5, 0.6) is 5.75 Å². The third-order valence-corrected chi connectivity index (χ3v) is 3.83. The molecule has 0 heterocycles. The van der Waals surface area contributed by atoms with Crippen LogP contribution in [0.15, 0.2) is 24.3 Å². The van der Waals surface area contributed by atoms with E-state index in [0.717, 1.165) is 11.3 Å². The van der Waals surface area contributed by atoms with E-state index in [2.05, 4.69) is 5.32 Å². The Morgan fingerprint density at radius 1 is 1.33 bits per heavy atom. The molecule has 5 heteroatoms.